The molecule has 3 nitrogen and oxygen atoms in total. The lowest BCUT2D eigenvalue weighted by molar-refractivity contribution is 0.205. The fourth-order valence-electron chi connectivity index (χ4n) is 2.00. The van der Waals surface area contributed by atoms with Crippen molar-refractivity contribution in [1.29, 1.82) is 0 Å². The number of aliphatic hydroxyl groups is 1. The molecule has 1 aliphatic heterocycles. The van der Waals surface area contributed by atoms with E-state index in [9.17, 15) is 0 Å². The summed E-state index contributed by atoms with van der Waals surface area (Å²) in [4.78, 5) is 2.51. The predicted octanol–water partition coefficient (Wildman–Crippen LogP) is 0.833. The molecular weight excluding hydrogens is 176 g/mol. The Balaban J connectivity index is 1.98. The van der Waals surface area contributed by atoms with Gasteiger partial charge in [-0.3, -0.25) is 0 Å². The van der Waals surface area contributed by atoms with Gasteiger partial charge in [0.15, 0.2) is 0 Å². The van der Waals surface area contributed by atoms with Crippen molar-refractivity contribution in [3.8, 4) is 0 Å². The smallest absolute Gasteiger partial charge is 0.0431 e. The van der Waals surface area contributed by atoms with Gasteiger partial charge in [-0.15, -0.1) is 0 Å². The van der Waals surface area contributed by atoms with Gasteiger partial charge in [-0.05, 0) is 51.9 Å². The monoisotopic (exact) mass is 200 g/mol. The lowest BCUT2D eigenvalue weighted by atomic mass is 10.1. The summed E-state index contributed by atoms with van der Waals surface area (Å²) in [5, 5.41) is 12.2. The maximum atomic E-state index is 8.64. The summed E-state index contributed by atoms with van der Waals surface area (Å²) in [7, 11) is 0. The molecule has 1 fully saturated rings. The summed E-state index contributed by atoms with van der Waals surface area (Å²) < 4.78 is 0. The van der Waals surface area contributed by atoms with Crippen molar-refractivity contribution >= 4 is 0 Å². The highest BCUT2D eigenvalue weighted by molar-refractivity contribution is 4.76. The van der Waals surface area contributed by atoms with Gasteiger partial charge < -0.3 is 15.3 Å². The van der Waals surface area contributed by atoms with E-state index < -0.39 is 0 Å². The Morgan fingerprint density at radius 3 is 2.57 bits per heavy atom. The fourth-order valence-corrected chi connectivity index (χ4v) is 2.00. The van der Waals surface area contributed by atoms with Crippen molar-refractivity contribution in [2.75, 3.05) is 32.8 Å². The van der Waals surface area contributed by atoms with Crippen LogP contribution in [0.1, 0.15) is 32.6 Å². The molecule has 0 aliphatic carbocycles. The maximum Gasteiger partial charge on any atom is 0.0431 e. The second-order valence-electron chi connectivity index (χ2n) is 4.09. The molecule has 2 N–H and O–H groups in total. The minimum Gasteiger partial charge on any atom is -0.396 e. The van der Waals surface area contributed by atoms with Crippen LogP contribution in [-0.2, 0) is 0 Å². The van der Waals surface area contributed by atoms with Crippen LogP contribution < -0.4 is 5.32 Å². The van der Waals surface area contributed by atoms with Crippen molar-refractivity contribution in [1.82, 2.24) is 10.2 Å². The second-order valence-corrected chi connectivity index (χ2v) is 4.09. The second kappa shape index (κ2) is 7.21. The summed E-state index contributed by atoms with van der Waals surface area (Å²) in [5.74, 6) is 0. The van der Waals surface area contributed by atoms with Crippen molar-refractivity contribution in [2.45, 2.75) is 38.6 Å². The first kappa shape index (κ1) is 12.0. The number of hydrogen-bond acceptors (Lipinski definition) is 3. The van der Waals surface area contributed by atoms with Gasteiger partial charge in [0, 0.05) is 12.6 Å². The van der Waals surface area contributed by atoms with Crippen LogP contribution in [0.3, 0.4) is 0 Å². The molecule has 1 saturated heterocycles. The number of nitrogens with zero attached hydrogens (tertiary/aromatic N) is 1. The minimum absolute atomic E-state index is 0.329. The summed E-state index contributed by atoms with van der Waals surface area (Å²) in [6, 6.07) is 0.719. The number of piperidine rings is 1. The van der Waals surface area contributed by atoms with Gasteiger partial charge in [0.1, 0.15) is 0 Å². The Labute approximate surface area is 87.5 Å². The molecule has 84 valence electrons. The summed E-state index contributed by atoms with van der Waals surface area (Å²) in [5.41, 5.74) is 0. The Hall–Kier alpha value is -0.120. The van der Waals surface area contributed by atoms with Crippen LogP contribution >= 0.6 is 0 Å². The van der Waals surface area contributed by atoms with Crippen molar-refractivity contribution in [3.63, 3.8) is 0 Å². The van der Waals surface area contributed by atoms with Crippen molar-refractivity contribution < 1.29 is 5.11 Å². The molecular formula is C11H24N2O. The van der Waals surface area contributed by atoms with Crippen LogP contribution in [0, 0.1) is 0 Å². The highest BCUT2D eigenvalue weighted by Crippen LogP contribution is 2.09. The molecule has 14 heavy (non-hydrogen) atoms. The number of aliphatic hydroxyl groups excluding tert-OH is 1. The van der Waals surface area contributed by atoms with Gasteiger partial charge in [-0.25, -0.2) is 0 Å². The number of likely N-dealkylation sites (tertiary alicyclic amines) is 1. The van der Waals surface area contributed by atoms with Crippen LogP contribution in [0.15, 0.2) is 0 Å². The van der Waals surface area contributed by atoms with Crippen molar-refractivity contribution in [3.05, 3.63) is 0 Å². The predicted molar refractivity (Wildman–Crippen MR) is 59.5 cm³/mol. The molecule has 0 aromatic carbocycles. The number of nitrogens with one attached hydrogen (secondary N) is 1. The van der Waals surface area contributed by atoms with Gasteiger partial charge in [-0.1, -0.05) is 6.92 Å². The van der Waals surface area contributed by atoms with Gasteiger partial charge in [0.25, 0.3) is 0 Å². The van der Waals surface area contributed by atoms with Crippen molar-refractivity contribution in [2.24, 2.45) is 0 Å². The Bertz CT molecular complexity index is 133. The average molecular weight is 200 g/mol. The maximum absolute atomic E-state index is 8.64. The third kappa shape index (κ3) is 4.40. The van der Waals surface area contributed by atoms with E-state index in [0.29, 0.717) is 6.61 Å². The normalized spacial score (nSPS) is 20.1. The first-order chi connectivity index (χ1) is 6.86. The standard InChI is InChI=1S/C11H24N2O/c1-2-13-8-5-11(6-9-13)12-7-3-4-10-14/h11-12,14H,2-10H2,1H3. The first-order valence-corrected chi connectivity index (χ1v) is 5.93. The third-order valence-corrected chi connectivity index (χ3v) is 3.05. The molecule has 0 saturated carbocycles. The van der Waals surface area contributed by atoms with Crippen LogP contribution in [0.2, 0.25) is 0 Å². The zero-order chi connectivity index (χ0) is 10.2. The number of rotatable bonds is 6. The molecule has 0 aromatic heterocycles. The highest BCUT2D eigenvalue weighted by atomic mass is 16.2. The SMILES string of the molecule is CCN1CCC(NCCCCO)CC1. The summed E-state index contributed by atoms with van der Waals surface area (Å²) in [6.07, 6.45) is 4.60. The Morgan fingerprint density at radius 2 is 2.00 bits per heavy atom. The van der Waals surface area contributed by atoms with E-state index in [-0.39, 0.29) is 0 Å². The molecule has 0 aromatic rings. The topological polar surface area (TPSA) is 35.5 Å². The fraction of sp³-hybridized carbons (Fsp3) is 1.00. The number of unbranched alkanes of at least 4 members (excludes halogenated alkanes) is 1. The molecule has 0 radical (unpaired) electrons. The zero-order valence-electron chi connectivity index (χ0n) is 9.34. The minimum atomic E-state index is 0.329. The molecule has 0 atom stereocenters. The lowest BCUT2D eigenvalue weighted by Gasteiger charge is -2.31. The molecule has 0 amide bonds. The largest absolute Gasteiger partial charge is 0.396 e. The zero-order valence-corrected chi connectivity index (χ0v) is 9.34. The van der Waals surface area contributed by atoms with E-state index >= 15 is 0 Å². The molecule has 0 unspecified atom stereocenters. The number of hydrogen-bond donors (Lipinski definition) is 2. The van der Waals surface area contributed by atoms with Crippen LogP contribution in [0.5, 0.6) is 0 Å². The molecule has 0 bridgehead atoms. The van der Waals surface area contributed by atoms with Gasteiger partial charge in [0.05, 0.1) is 0 Å². The average Bonchev–Trinajstić information content (AvgIpc) is 2.25. The van der Waals surface area contributed by atoms with E-state index in [0.717, 1.165) is 25.4 Å². The molecule has 3 heteroatoms. The summed E-state index contributed by atoms with van der Waals surface area (Å²) in [6.45, 7) is 7.31. The molecule has 0 spiro atoms. The molecule has 1 rings (SSSR count). The van der Waals surface area contributed by atoms with E-state index in [1.807, 2.05) is 0 Å². The van der Waals surface area contributed by atoms with E-state index in [1.165, 1.54) is 32.5 Å². The Kier molecular flexibility index (Phi) is 6.15. The lowest BCUT2D eigenvalue weighted by Crippen LogP contribution is -2.42. The van der Waals surface area contributed by atoms with Crippen LogP contribution in [-0.4, -0.2) is 48.8 Å². The van der Waals surface area contributed by atoms with E-state index in [1.54, 1.807) is 0 Å². The van der Waals surface area contributed by atoms with Crippen LogP contribution in [0.25, 0.3) is 0 Å². The van der Waals surface area contributed by atoms with Gasteiger partial charge in [-0.2, -0.15) is 0 Å². The molecule has 1 heterocycles. The summed E-state index contributed by atoms with van der Waals surface area (Å²) >= 11 is 0. The Morgan fingerprint density at radius 1 is 1.29 bits per heavy atom. The van der Waals surface area contributed by atoms with E-state index in [4.69, 9.17) is 5.11 Å². The quantitative estimate of drug-likeness (QED) is 0.624. The van der Waals surface area contributed by atoms with Crippen LogP contribution in [0.4, 0.5) is 0 Å². The first-order valence-electron chi connectivity index (χ1n) is 5.93. The third-order valence-electron chi connectivity index (χ3n) is 3.05. The van der Waals surface area contributed by atoms with E-state index in [2.05, 4.69) is 17.1 Å². The van der Waals surface area contributed by atoms with Gasteiger partial charge in [0.2, 0.25) is 0 Å². The molecule has 1 aliphatic rings. The van der Waals surface area contributed by atoms with Gasteiger partial charge >= 0.3 is 0 Å². The highest BCUT2D eigenvalue weighted by Gasteiger charge is 2.16.